The van der Waals surface area contributed by atoms with Gasteiger partial charge in [-0.05, 0) is 13.1 Å². The van der Waals surface area contributed by atoms with Gasteiger partial charge in [0.05, 0.1) is 5.69 Å². The van der Waals surface area contributed by atoms with E-state index in [1.54, 1.807) is 5.69 Å². The van der Waals surface area contributed by atoms with Gasteiger partial charge in [-0.1, -0.05) is 0 Å². The van der Waals surface area contributed by atoms with Crippen molar-refractivity contribution in [2.24, 2.45) is 0 Å². The molecular formula is C3H7NO4SSi. The van der Waals surface area contributed by atoms with Crippen LogP contribution in [0.1, 0.15) is 0 Å². The van der Waals surface area contributed by atoms with Crippen molar-refractivity contribution in [3.63, 3.8) is 0 Å². The van der Waals surface area contributed by atoms with Gasteiger partial charge in [0, 0.05) is 0 Å². The van der Waals surface area contributed by atoms with E-state index in [-0.39, 0.29) is 0 Å². The topological polar surface area (TPSA) is 87.4 Å². The van der Waals surface area contributed by atoms with Crippen molar-refractivity contribution in [3.05, 3.63) is 0 Å². The normalized spacial score (nSPS) is 12.6. The summed E-state index contributed by atoms with van der Waals surface area (Å²) in [5.74, 6) is 0. The van der Waals surface area contributed by atoms with Crippen molar-refractivity contribution in [2.75, 3.05) is 0 Å². The molecule has 0 aliphatic rings. The minimum Gasteiger partial charge on any atom is -0.276 e. The molecule has 0 aliphatic heterocycles. The molecular weight excluding hydrogens is 174 g/mol. The minimum atomic E-state index is -4.45. The Morgan fingerprint density at radius 3 is 2.10 bits per heavy atom. The van der Waals surface area contributed by atoms with Crippen molar-refractivity contribution < 1.29 is 16.8 Å². The predicted octanol–water partition coefficient (Wildman–Crippen LogP) is 0.0737. The van der Waals surface area contributed by atoms with Gasteiger partial charge in [-0.25, -0.2) is 5.26 Å². The summed E-state index contributed by atoms with van der Waals surface area (Å²) in [6.45, 7) is 2.72. The minimum absolute atomic E-state index is 1.36. The molecule has 0 aromatic heterocycles. The van der Waals surface area contributed by atoms with Crippen LogP contribution in [0.4, 0.5) is 0 Å². The second kappa shape index (κ2) is 2.67. The SMILES string of the molecule is C[Si](C)(C#N)OS(=O)(=O)O. The molecule has 10 heavy (non-hydrogen) atoms. The first-order valence-electron chi connectivity index (χ1n) is 2.36. The molecule has 0 saturated heterocycles. The van der Waals surface area contributed by atoms with Crippen LogP contribution in [0.15, 0.2) is 0 Å². The first kappa shape index (κ1) is 9.58. The molecule has 0 heterocycles. The van der Waals surface area contributed by atoms with Crippen LogP contribution in [0.5, 0.6) is 0 Å². The molecule has 7 heteroatoms. The maximum atomic E-state index is 10.0. The fourth-order valence-corrected chi connectivity index (χ4v) is 2.54. The standard InChI is InChI=1S/C3H7NO4SSi/c1-10(2,3-4)8-9(5,6)7/h1-2H3,(H,5,6,7). The Morgan fingerprint density at radius 1 is 1.60 bits per heavy atom. The van der Waals surface area contributed by atoms with Crippen LogP contribution in [0, 0.1) is 11.0 Å². The lowest BCUT2D eigenvalue weighted by molar-refractivity contribution is 0.387. The molecule has 0 fully saturated rings. The zero-order valence-corrected chi connectivity index (χ0v) is 7.34. The third-order valence-electron chi connectivity index (χ3n) is 0.583. The molecule has 0 amide bonds. The molecule has 0 aliphatic carbocycles. The first-order chi connectivity index (χ1) is 4.27. The van der Waals surface area contributed by atoms with Crippen LogP contribution < -0.4 is 0 Å². The average molecular weight is 181 g/mol. The van der Waals surface area contributed by atoms with E-state index in [1.165, 1.54) is 13.1 Å². The van der Waals surface area contributed by atoms with E-state index in [0.29, 0.717) is 0 Å². The number of hydrogen-bond acceptors (Lipinski definition) is 4. The smallest absolute Gasteiger partial charge is 0.276 e. The summed E-state index contributed by atoms with van der Waals surface area (Å²) < 4.78 is 32.2. The Morgan fingerprint density at radius 2 is 2.00 bits per heavy atom. The molecule has 0 spiro atoms. The predicted molar refractivity (Wildman–Crippen MR) is 35.7 cm³/mol. The summed E-state index contributed by atoms with van der Waals surface area (Å²) in [6, 6.07) is 0. The third-order valence-corrected chi connectivity index (χ3v) is 3.63. The molecule has 1 N–H and O–H groups in total. The van der Waals surface area contributed by atoms with Gasteiger partial charge in [-0.3, -0.25) is 8.42 Å². The Hall–Kier alpha value is -0.423. The average Bonchev–Trinajstić information content (AvgIpc) is 1.60. The summed E-state index contributed by atoms with van der Waals surface area (Å²) in [5.41, 5.74) is 1.68. The highest BCUT2D eigenvalue weighted by Gasteiger charge is 2.28. The Kier molecular flexibility index (Phi) is 2.56. The summed E-state index contributed by atoms with van der Waals surface area (Å²) in [4.78, 5) is 0. The van der Waals surface area contributed by atoms with E-state index in [4.69, 9.17) is 9.81 Å². The van der Waals surface area contributed by atoms with Crippen LogP contribution in [0.3, 0.4) is 0 Å². The molecule has 0 atom stereocenters. The van der Waals surface area contributed by atoms with Gasteiger partial charge in [-0.15, -0.1) is 0 Å². The van der Waals surface area contributed by atoms with Gasteiger partial charge in [0.1, 0.15) is 0 Å². The van der Waals surface area contributed by atoms with E-state index >= 15 is 0 Å². The lowest BCUT2D eigenvalue weighted by Crippen LogP contribution is -2.31. The van der Waals surface area contributed by atoms with Crippen LogP contribution in [0.2, 0.25) is 13.1 Å². The Balaban J connectivity index is 4.35. The van der Waals surface area contributed by atoms with Crippen molar-refractivity contribution in [3.8, 4) is 5.69 Å². The second-order valence-corrected chi connectivity index (χ2v) is 6.90. The number of hydrogen-bond donors (Lipinski definition) is 1. The maximum absolute atomic E-state index is 10.0. The molecule has 0 bridgehead atoms. The molecule has 0 aromatic rings. The fraction of sp³-hybridized carbons (Fsp3) is 0.667. The monoisotopic (exact) mass is 181 g/mol. The highest BCUT2D eigenvalue weighted by atomic mass is 32.3. The molecule has 0 rings (SSSR count). The van der Waals surface area contributed by atoms with Crippen molar-refractivity contribution in [1.82, 2.24) is 0 Å². The zero-order valence-electron chi connectivity index (χ0n) is 5.53. The van der Waals surface area contributed by atoms with Crippen molar-refractivity contribution >= 4 is 18.7 Å². The van der Waals surface area contributed by atoms with E-state index in [9.17, 15) is 8.42 Å². The van der Waals surface area contributed by atoms with E-state index in [1.807, 2.05) is 0 Å². The highest BCUT2D eigenvalue weighted by Crippen LogP contribution is 2.04. The summed E-state index contributed by atoms with van der Waals surface area (Å²) in [7, 11) is -7.30. The molecule has 0 radical (unpaired) electrons. The second-order valence-electron chi connectivity index (χ2n) is 2.13. The van der Waals surface area contributed by atoms with Gasteiger partial charge in [-0.2, -0.15) is 8.42 Å². The van der Waals surface area contributed by atoms with E-state index < -0.39 is 18.7 Å². The molecule has 5 nitrogen and oxygen atoms in total. The highest BCUT2D eigenvalue weighted by molar-refractivity contribution is 7.82. The van der Waals surface area contributed by atoms with E-state index in [0.717, 1.165) is 0 Å². The van der Waals surface area contributed by atoms with E-state index in [2.05, 4.69) is 3.87 Å². The van der Waals surface area contributed by atoms with Gasteiger partial charge < -0.3 is 0 Å². The Bertz CT molecular complexity index is 250. The summed E-state index contributed by atoms with van der Waals surface area (Å²) >= 11 is 0. The lowest BCUT2D eigenvalue weighted by atomic mass is 11.7. The van der Waals surface area contributed by atoms with Gasteiger partial charge in [0.25, 0.3) is 0 Å². The van der Waals surface area contributed by atoms with Gasteiger partial charge in [0.2, 0.25) is 0 Å². The third kappa shape index (κ3) is 4.46. The molecule has 58 valence electrons. The number of nitrogens with zero attached hydrogens (tertiary/aromatic N) is 1. The van der Waals surface area contributed by atoms with Crippen LogP contribution in [-0.4, -0.2) is 21.3 Å². The van der Waals surface area contributed by atoms with Crippen molar-refractivity contribution in [1.29, 1.82) is 5.26 Å². The van der Waals surface area contributed by atoms with Crippen LogP contribution in [0.25, 0.3) is 0 Å². The van der Waals surface area contributed by atoms with Gasteiger partial charge in [0.15, 0.2) is 0 Å². The quantitative estimate of drug-likeness (QED) is 0.481. The van der Waals surface area contributed by atoms with Crippen LogP contribution >= 0.6 is 0 Å². The number of rotatable bonds is 2. The molecule has 0 unspecified atom stereocenters. The largest absolute Gasteiger partial charge is 0.388 e. The lowest BCUT2D eigenvalue weighted by Gasteiger charge is -2.08. The maximum Gasteiger partial charge on any atom is 0.388 e. The zero-order chi connectivity index (χ0) is 8.41. The molecule has 0 saturated carbocycles. The first-order valence-corrected chi connectivity index (χ1v) is 6.63. The summed E-state index contributed by atoms with van der Waals surface area (Å²) in [6.07, 6.45) is 0. The number of nitriles is 1. The van der Waals surface area contributed by atoms with Crippen molar-refractivity contribution in [2.45, 2.75) is 13.1 Å². The summed E-state index contributed by atoms with van der Waals surface area (Å²) in [5, 5.41) is 8.27. The van der Waals surface area contributed by atoms with Crippen LogP contribution in [-0.2, 0) is 14.3 Å². The Labute approximate surface area is 60.3 Å². The molecule has 0 aromatic carbocycles. The fourth-order valence-electron chi connectivity index (χ4n) is 0.282. The van der Waals surface area contributed by atoms with Gasteiger partial charge >= 0.3 is 18.7 Å².